The van der Waals surface area contributed by atoms with Gasteiger partial charge < -0.3 is 10.0 Å². The first-order chi connectivity index (χ1) is 7.07. The standard InChI is InChI=1S/C12H18FNO/c1-4-8-14(3)12-10(9(2)15)6-5-7-11(12)13/h5-7,9,15H,4,8H2,1-3H3/t9-/m1/s1. The van der Waals surface area contributed by atoms with Gasteiger partial charge in [-0.2, -0.15) is 0 Å². The third kappa shape index (κ3) is 2.69. The van der Waals surface area contributed by atoms with Crippen molar-refractivity contribution < 1.29 is 9.50 Å². The first-order valence-electron chi connectivity index (χ1n) is 5.25. The minimum atomic E-state index is -0.644. The number of halogens is 1. The highest BCUT2D eigenvalue weighted by atomic mass is 19.1. The lowest BCUT2D eigenvalue weighted by Gasteiger charge is -2.23. The average Bonchev–Trinajstić information content (AvgIpc) is 2.17. The maximum absolute atomic E-state index is 13.6. The van der Waals surface area contributed by atoms with Gasteiger partial charge in [-0.15, -0.1) is 0 Å². The van der Waals surface area contributed by atoms with Gasteiger partial charge in [0.15, 0.2) is 0 Å². The Hall–Kier alpha value is -1.09. The summed E-state index contributed by atoms with van der Waals surface area (Å²) in [6.07, 6.45) is 0.305. The van der Waals surface area contributed by atoms with Crippen LogP contribution in [0.3, 0.4) is 0 Å². The maximum Gasteiger partial charge on any atom is 0.146 e. The van der Waals surface area contributed by atoms with Gasteiger partial charge >= 0.3 is 0 Å². The highest BCUT2D eigenvalue weighted by Gasteiger charge is 2.15. The van der Waals surface area contributed by atoms with Crippen LogP contribution in [-0.2, 0) is 0 Å². The molecule has 0 saturated heterocycles. The van der Waals surface area contributed by atoms with Gasteiger partial charge in [-0.05, 0) is 19.4 Å². The molecule has 84 valence electrons. The summed E-state index contributed by atoms with van der Waals surface area (Å²) in [5.74, 6) is -0.274. The van der Waals surface area contributed by atoms with Crippen LogP contribution in [-0.4, -0.2) is 18.7 Å². The van der Waals surface area contributed by atoms with Crippen LogP contribution in [0.1, 0.15) is 31.9 Å². The van der Waals surface area contributed by atoms with E-state index in [1.165, 1.54) is 6.07 Å². The Bertz CT molecular complexity index is 325. The van der Waals surface area contributed by atoms with Gasteiger partial charge in [-0.1, -0.05) is 19.1 Å². The zero-order chi connectivity index (χ0) is 11.4. The number of benzene rings is 1. The lowest BCUT2D eigenvalue weighted by atomic mass is 10.1. The molecule has 0 aliphatic carbocycles. The number of aliphatic hydroxyl groups is 1. The zero-order valence-electron chi connectivity index (χ0n) is 9.50. The minimum absolute atomic E-state index is 0.274. The van der Waals surface area contributed by atoms with Gasteiger partial charge in [0.05, 0.1) is 11.8 Å². The van der Waals surface area contributed by atoms with Crippen LogP contribution in [0.5, 0.6) is 0 Å². The van der Waals surface area contributed by atoms with Crippen molar-refractivity contribution in [2.75, 3.05) is 18.5 Å². The molecule has 0 amide bonds. The second-order valence-corrected chi connectivity index (χ2v) is 3.78. The second-order valence-electron chi connectivity index (χ2n) is 3.78. The van der Waals surface area contributed by atoms with Crippen LogP contribution in [0.2, 0.25) is 0 Å². The molecule has 1 atom stereocenters. The number of hydrogen-bond donors (Lipinski definition) is 1. The summed E-state index contributed by atoms with van der Waals surface area (Å²) in [6, 6.07) is 4.81. The smallest absolute Gasteiger partial charge is 0.146 e. The van der Waals surface area contributed by atoms with E-state index in [4.69, 9.17) is 0 Å². The van der Waals surface area contributed by atoms with E-state index in [1.54, 1.807) is 19.1 Å². The van der Waals surface area contributed by atoms with Gasteiger partial charge in [0.25, 0.3) is 0 Å². The fraction of sp³-hybridized carbons (Fsp3) is 0.500. The SMILES string of the molecule is CCCN(C)c1c(F)cccc1[C@@H](C)O. The Balaban J connectivity index is 3.12. The fourth-order valence-electron chi connectivity index (χ4n) is 1.72. The first-order valence-corrected chi connectivity index (χ1v) is 5.25. The molecule has 3 heteroatoms. The largest absolute Gasteiger partial charge is 0.389 e. The predicted molar refractivity (Wildman–Crippen MR) is 60.6 cm³/mol. The Morgan fingerprint density at radius 1 is 1.47 bits per heavy atom. The molecule has 1 aromatic rings. The van der Waals surface area contributed by atoms with Gasteiger partial charge in [0, 0.05) is 19.2 Å². The van der Waals surface area contributed by atoms with Crippen LogP contribution in [0.25, 0.3) is 0 Å². The van der Waals surface area contributed by atoms with E-state index in [9.17, 15) is 9.50 Å². The number of anilines is 1. The molecule has 0 aliphatic rings. The Kier molecular flexibility index (Phi) is 4.09. The molecule has 0 unspecified atom stereocenters. The molecule has 0 fully saturated rings. The fourth-order valence-corrected chi connectivity index (χ4v) is 1.72. The van der Waals surface area contributed by atoms with Gasteiger partial charge in [0.2, 0.25) is 0 Å². The van der Waals surface area contributed by atoms with E-state index >= 15 is 0 Å². The van der Waals surface area contributed by atoms with Crippen molar-refractivity contribution in [2.45, 2.75) is 26.4 Å². The van der Waals surface area contributed by atoms with E-state index < -0.39 is 6.10 Å². The van der Waals surface area contributed by atoms with Crippen molar-refractivity contribution in [1.82, 2.24) is 0 Å². The average molecular weight is 211 g/mol. The number of nitrogens with zero attached hydrogens (tertiary/aromatic N) is 1. The molecule has 0 saturated carbocycles. The van der Waals surface area contributed by atoms with Crippen LogP contribution in [0.15, 0.2) is 18.2 Å². The molecule has 1 aromatic carbocycles. The van der Waals surface area contributed by atoms with Crippen molar-refractivity contribution in [2.24, 2.45) is 0 Å². The monoisotopic (exact) mass is 211 g/mol. The molecule has 2 nitrogen and oxygen atoms in total. The summed E-state index contributed by atoms with van der Waals surface area (Å²) in [5, 5.41) is 9.55. The summed E-state index contributed by atoms with van der Waals surface area (Å²) >= 11 is 0. The summed E-state index contributed by atoms with van der Waals surface area (Å²) in [6.45, 7) is 4.47. The molecule has 1 rings (SSSR count). The quantitative estimate of drug-likeness (QED) is 0.827. The van der Waals surface area contributed by atoms with E-state index in [2.05, 4.69) is 0 Å². The third-order valence-corrected chi connectivity index (χ3v) is 2.41. The van der Waals surface area contributed by atoms with E-state index in [0.717, 1.165) is 13.0 Å². The highest BCUT2D eigenvalue weighted by molar-refractivity contribution is 5.55. The van der Waals surface area contributed by atoms with Crippen molar-refractivity contribution in [3.8, 4) is 0 Å². The predicted octanol–water partition coefficient (Wildman–Crippen LogP) is 2.73. The first kappa shape index (κ1) is 12.0. The van der Waals surface area contributed by atoms with Gasteiger partial charge in [-0.25, -0.2) is 4.39 Å². The van der Waals surface area contributed by atoms with Crippen molar-refractivity contribution >= 4 is 5.69 Å². The maximum atomic E-state index is 13.6. The highest BCUT2D eigenvalue weighted by Crippen LogP contribution is 2.28. The van der Waals surface area contributed by atoms with Gasteiger partial charge in [-0.3, -0.25) is 0 Å². The molecule has 0 radical (unpaired) electrons. The van der Waals surface area contributed by atoms with Crippen molar-refractivity contribution in [1.29, 1.82) is 0 Å². The lowest BCUT2D eigenvalue weighted by molar-refractivity contribution is 0.199. The number of para-hydroxylation sites is 1. The normalized spacial score (nSPS) is 12.6. The third-order valence-electron chi connectivity index (χ3n) is 2.41. The Morgan fingerprint density at radius 3 is 2.67 bits per heavy atom. The zero-order valence-corrected chi connectivity index (χ0v) is 9.50. The number of rotatable bonds is 4. The molecule has 0 aromatic heterocycles. The number of aliphatic hydroxyl groups excluding tert-OH is 1. The molecule has 0 bridgehead atoms. The summed E-state index contributed by atoms with van der Waals surface area (Å²) < 4.78 is 13.6. The summed E-state index contributed by atoms with van der Waals surface area (Å²) in [7, 11) is 1.84. The lowest BCUT2D eigenvalue weighted by Crippen LogP contribution is -2.21. The number of hydrogen-bond acceptors (Lipinski definition) is 2. The van der Waals surface area contributed by atoms with E-state index in [1.807, 2.05) is 18.9 Å². The molecule has 0 aliphatic heterocycles. The Labute approximate surface area is 90.3 Å². The van der Waals surface area contributed by atoms with Gasteiger partial charge in [0.1, 0.15) is 5.82 Å². The van der Waals surface area contributed by atoms with Crippen LogP contribution >= 0.6 is 0 Å². The van der Waals surface area contributed by atoms with E-state index in [-0.39, 0.29) is 5.82 Å². The van der Waals surface area contributed by atoms with Crippen LogP contribution in [0, 0.1) is 5.82 Å². The molecule has 0 heterocycles. The summed E-state index contributed by atoms with van der Waals surface area (Å²) in [4.78, 5) is 1.84. The van der Waals surface area contributed by atoms with Crippen molar-refractivity contribution in [3.05, 3.63) is 29.6 Å². The molecular formula is C12H18FNO. The molecular weight excluding hydrogens is 193 g/mol. The van der Waals surface area contributed by atoms with Crippen LogP contribution < -0.4 is 4.90 Å². The topological polar surface area (TPSA) is 23.5 Å². The second kappa shape index (κ2) is 5.12. The van der Waals surface area contributed by atoms with Crippen molar-refractivity contribution in [3.63, 3.8) is 0 Å². The molecule has 0 spiro atoms. The Morgan fingerprint density at radius 2 is 2.13 bits per heavy atom. The minimum Gasteiger partial charge on any atom is -0.389 e. The van der Waals surface area contributed by atoms with Crippen LogP contribution in [0.4, 0.5) is 10.1 Å². The molecule has 1 N–H and O–H groups in total. The molecule has 15 heavy (non-hydrogen) atoms. The summed E-state index contributed by atoms with van der Waals surface area (Å²) in [5.41, 5.74) is 1.15. The van der Waals surface area contributed by atoms with E-state index in [0.29, 0.717) is 11.3 Å².